The first-order valence-electron chi connectivity index (χ1n) is 9.76. The third kappa shape index (κ3) is 4.72. The van der Waals surface area contributed by atoms with Crippen molar-refractivity contribution in [1.29, 1.82) is 0 Å². The third-order valence-corrected chi connectivity index (χ3v) is 4.73. The Morgan fingerprint density at radius 3 is 2.47 bits per heavy atom. The highest BCUT2D eigenvalue weighted by Gasteiger charge is 2.21. The van der Waals surface area contributed by atoms with Crippen LogP contribution in [0.15, 0.2) is 84.0 Å². The minimum absolute atomic E-state index is 0.121. The smallest absolute Gasteiger partial charge is 0.271 e. The zero-order valence-electron chi connectivity index (χ0n) is 16.3. The standard InChI is InChI=1S/C24H21N3O3/c28-23-10-5-15-27(23)20-13-11-19(12-14-20)24(29)26-25-17-18-6-4-9-22(16-18)30-21-7-2-1-3-8-21/h1-4,6-9,11-14,16-17H,5,10,15H2,(H,26,29). The molecule has 0 spiro atoms. The first-order chi connectivity index (χ1) is 14.7. The van der Waals surface area contributed by atoms with Crippen molar-refractivity contribution in [1.82, 2.24) is 5.43 Å². The molecule has 150 valence electrons. The minimum atomic E-state index is -0.317. The molecule has 3 aromatic rings. The summed E-state index contributed by atoms with van der Waals surface area (Å²) in [6.07, 6.45) is 3.01. The first-order valence-corrected chi connectivity index (χ1v) is 9.76. The van der Waals surface area contributed by atoms with E-state index < -0.39 is 0 Å². The average molecular weight is 399 g/mol. The highest BCUT2D eigenvalue weighted by atomic mass is 16.5. The molecule has 0 bridgehead atoms. The van der Waals surface area contributed by atoms with Gasteiger partial charge in [0, 0.05) is 24.2 Å². The van der Waals surface area contributed by atoms with E-state index in [1.165, 1.54) is 0 Å². The molecule has 30 heavy (non-hydrogen) atoms. The van der Waals surface area contributed by atoms with Crippen LogP contribution in [0.25, 0.3) is 0 Å². The summed E-state index contributed by atoms with van der Waals surface area (Å²) in [5.74, 6) is 1.24. The average Bonchev–Trinajstić information content (AvgIpc) is 3.21. The summed E-state index contributed by atoms with van der Waals surface area (Å²) in [6, 6.07) is 23.9. The van der Waals surface area contributed by atoms with Crippen LogP contribution in [0.3, 0.4) is 0 Å². The number of ether oxygens (including phenoxy) is 1. The number of benzene rings is 3. The van der Waals surface area contributed by atoms with Gasteiger partial charge in [-0.3, -0.25) is 9.59 Å². The van der Waals surface area contributed by atoms with Crippen LogP contribution < -0.4 is 15.1 Å². The zero-order valence-corrected chi connectivity index (χ0v) is 16.3. The number of hydrazone groups is 1. The Labute approximate surface area is 174 Å². The van der Waals surface area contributed by atoms with Crippen LogP contribution in [-0.4, -0.2) is 24.6 Å². The van der Waals surface area contributed by atoms with Crippen molar-refractivity contribution in [2.75, 3.05) is 11.4 Å². The molecule has 1 saturated heterocycles. The van der Waals surface area contributed by atoms with E-state index in [4.69, 9.17) is 4.74 Å². The number of amides is 2. The molecule has 0 aromatic heterocycles. The Balaban J connectivity index is 1.35. The lowest BCUT2D eigenvalue weighted by Crippen LogP contribution is -2.24. The fourth-order valence-electron chi connectivity index (χ4n) is 3.23. The Morgan fingerprint density at radius 1 is 0.967 bits per heavy atom. The highest BCUT2D eigenvalue weighted by Crippen LogP contribution is 2.22. The molecule has 1 heterocycles. The lowest BCUT2D eigenvalue weighted by molar-refractivity contribution is -0.117. The van der Waals surface area contributed by atoms with Gasteiger partial charge in [0.25, 0.3) is 5.91 Å². The van der Waals surface area contributed by atoms with Crippen LogP contribution in [0.2, 0.25) is 0 Å². The maximum absolute atomic E-state index is 12.3. The van der Waals surface area contributed by atoms with Gasteiger partial charge < -0.3 is 9.64 Å². The van der Waals surface area contributed by atoms with Crippen molar-refractivity contribution in [3.8, 4) is 11.5 Å². The number of para-hydroxylation sites is 1. The summed E-state index contributed by atoms with van der Waals surface area (Å²) in [7, 11) is 0. The molecule has 6 nitrogen and oxygen atoms in total. The molecule has 4 rings (SSSR count). The van der Waals surface area contributed by atoms with Crippen molar-refractivity contribution >= 4 is 23.7 Å². The van der Waals surface area contributed by atoms with Crippen LogP contribution in [0.1, 0.15) is 28.8 Å². The van der Waals surface area contributed by atoms with Gasteiger partial charge in [0.1, 0.15) is 11.5 Å². The SMILES string of the molecule is O=C(NN=Cc1cccc(Oc2ccccc2)c1)c1ccc(N2CCCC2=O)cc1. The lowest BCUT2D eigenvalue weighted by atomic mass is 10.2. The number of nitrogens with zero attached hydrogens (tertiary/aromatic N) is 2. The molecule has 1 fully saturated rings. The topological polar surface area (TPSA) is 71.0 Å². The van der Waals surface area contributed by atoms with Gasteiger partial charge in [-0.15, -0.1) is 0 Å². The number of carbonyl (C=O) groups excluding carboxylic acids is 2. The summed E-state index contributed by atoms with van der Waals surface area (Å²) < 4.78 is 5.80. The Kier molecular flexibility index (Phi) is 5.85. The first kappa shape index (κ1) is 19.4. The molecule has 0 unspecified atom stereocenters. The summed E-state index contributed by atoms with van der Waals surface area (Å²) >= 11 is 0. The van der Waals surface area contributed by atoms with E-state index in [0.29, 0.717) is 17.7 Å². The van der Waals surface area contributed by atoms with Crippen molar-refractivity contribution < 1.29 is 14.3 Å². The number of carbonyl (C=O) groups is 2. The lowest BCUT2D eigenvalue weighted by Gasteiger charge is -2.15. The second-order valence-corrected chi connectivity index (χ2v) is 6.88. The van der Waals surface area contributed by atoms with Crippen molar-refractivity contribution in [3.05, 3.63) is 90.0 Å². The van der Waals surface area contributed by atoms with Crippen molar-refractivity contribution in [3.63, 3.8) is 0 Å². The molecule has 0 radical (unpaired) electrons. The molecular formula is C24H21N3O3. The number of hydrogen-bond acceptors (Lipinski definition) is 4. The molecule has 1 aliphatic rings. The summed E-state index contributed by atoms with van der Waals surface area (Å²) in [5, 5.41) is 4.03. The number of anilines is 1. The molecule has 1 aliphatic heterocycles. The van der Waals surface area contributed by atoms with Gasteiger partial charge >= 0.3 is 0 Å². The minimum Gasteiger partial charge on any atom is -0.457 e. The largest absolute Gasteiger partial charge is 0.457 e. The van der Waals surface area contributed by atoms with Gasteiger partial charge in [-0.05, 0) is 60.5 Å². The van der Waals surface area contributed by atoms with E-state index >= 15 is 0 Å². The summed E-state index contributed by atoms with van der Waals surface area (Å²) in [6.45, 7) is 0.724. The zero-order chi connectivity index (χ0) is 20.8. The van der Waals surface area contributed by atoms with Crippen LogP contribution >= 0.6 is 0 Å². The number of rotatable bonds is 6. The van der Waals surface area contributed by atoms with Gasteiger partial charge in [0.05, 0.1) is 6.21 Å². The Morgan fingerprint density at radius 2 is 1.73 bits per heavy atom. The van der Waals surface area contributed by atoms with Crippen molar-refractivity contribution in [2.24, 2.45) is 5.10 Å². The summed E-state index contributed by atoms with van der Waals surface area (Å²) in [5.41, 5.74) is 4.61. The maximum Gasteiger partial charge on any atom is 0.271 e. The van der Waals surface area contributed by atoms with E-state index in [-0.39, 0.29) is 11.8 Å². The third-order valence-electron chi connectivity index (χ3n) is 4.73. The van der Waals surface area contributed by atoms with Crippen LogP contribution in [0, 0.1) is 0 Å². The van der Waals surface area contributed by atoms with E-state index in [0.717, 1.165) is 30.0 Å². The quantitative estimate of drug-likeness (QED) is 0.494. The van der Waals surface area contributed by atoms with Crippen LogP contribution in [0.4, 0.5) is 5.69 Å². The second-order valence-electron chi connectivity index (χ2n) is 6.88. The molecule has 0 saturated carbocycles. The monoisotopic (exact) mass is 399 g/mol. The number of hydrogen-bond donors (Lipinski definition) is 1. The van der Waals surface area contributed by atoms with Gasteiger partial charge in [-0.1, -0.05) is 30.3 Å². The molecule has 0 aliphatic carbocycles. The fourth-order valence-corrected chi connectivity index (χ4v) is 3.23. The Hall–Kier alpha value is -3.93. The fraction of sp³-hybridized carbons (Fsp3) is 0.125. The van der Waals surface area contributed by atoms with E-state index in [1.807, 2.05) is 54.6 Å². The number of nitrogens with one attached hydrogen (secondary N) is 1. The molecular weight excluding hydrogens is 378 g/mol. The van der Waals surface area contributed by atoms with Crippen LogP contribution in [0.5, 0.6) is 11.5 Å². The van der Waals surface area contributed by atoms with Gasteiger partial charge in [0.15, 0.2) is 0 Å². The normalized spacial score (nSPS) is 13.6. The predicted octanol–water partition coefficient (Wildman–Crippen LogP) is 4.37. The maximum atomic E-state index is 12.3. The molecule has 0 atom stereocenters. The van der Waals surface area contributed by atoms with Gasteiger partial charge in [-0.25, -0.2) is 5.43 Å². The van der Waals surface area contributed by atoms with E-state index in [2.05, 4.69) is 10.5 Å². The summed E-state index contributed by atoms with van der Waals surface area (Å²) in [4.78, 5) is 25.9. The van der Waals surface area contributed by atoms with Gasteiger partial charge in [-0.2, -0.15) is 5.10 Å². The van der Waals surface area contributed by atoms with E-state index in [9.17, 15) is 9.59 Å². The van der Waals surface area contributed by atoms with Crippen LogP contribution in [-0.2, 0) is 4.79 Å². The van der Waals surface area contributed by atoms with Gasteiger partial charge in [0.2, 0.25) is 5.91 Å². The van der Waals surface area contributed by atoms with Crippen molar-refractivity contribution in [2.45, 2.75) is 12.8 Å². The molecule has 2 amide bonds. The molecule has 1 N–H and O–H groups in total. The second kappa shape index (κ2) is 9.05. The van der Waals surface area contributed by atoms with E-state index in [1.54, 1.807) is 35.4 Å². The highest BCUT2D eigenvalue weighted by molar-refractivity contribution is 5.97. The molecule has 6 heteroatoms. The predicted molar refractivity (Wildman–Crippen MR) is 116 cm³/mol. The Bertz CT molecular complexity index is 1060. The molecule has 3 aromatic carbocycles.